The first-order valence-electron chi connectivity index (χ1n) is 11.0. The lowest BCUT2D eigenvalue weighted by atomic mass is 9.93. The van der Waals surface area contributed by atoms with Crippen molar-refractivity contribution in [2.45, 2.75) is 31.7 Å². The Balaban J connectivity index is 1.56. The molecular formula is C24H28F3N3O4. The van der Waals surface area contributed by atoms with E-state index in [4.69, 9.17) is 4.74 Å². The maximum absolute atomic E-state index is 13.1. The third-order valence-electron chi connectivity index (χ3n) is 5.35. The summed E-state index contributed by atoms with van der Waals surface area (Å²) in [6.45, 7) is 4.13. The number of hydrogen-bond donors (Lipinski definition) is 2. The van der Waals surface area contributed by atoms with Crippen LogP contribution in [0.4, 0.5) is 18.9 Å². The zero-order valence-electron chi connectivity index (χ0n) is 18.8. The minimum atomic E-state index is -4.74. The van der Waals surface area contributed by atoms with Crippen LogP contribution < -0.4 is 15.4 Å². The molecule has 10 heteroatoms. The molecule has 2 aromatic carbocycles. The molecule has 7 nitrogen and oxygen atoms in total. The first kappa shape index (κ1) is 25.4. The molecule has 1 fully saturated rings. The molecule has 0 aromatic heterocycles. The summed E-state index contributed by atoms with van der Waals surface area (Å²) in [5.41, 5.74) is 1.33. The highest BCUT2D eigenvalue weighted by Crippen LogP contribution is 2.24. The van der Waals surface area contributed by atoms with Crippen molar-refractivity contribution in [3.8, 4) is 5.75 Å². The van der Waals surface area contributed by atoms with Crippen LogP contribution >= 0.6 is 0 Å². The number of hydrogen-bond acceptors (Lipinski definition) is 5. The van der Waals surface area contributed by atoms with E-state index in [1.165, 1.54) is 24.3 Å². The molecule has 0 spiro atoms. The van der Waals surface area contributed by atoms with Gasteiger partial charge in [0.1, 0.15) is 5.75 Å². The van der Waals surface area contributed by atoms with E-state index in [0.29, 0.717) is 38.5 Å². The van der Waals surface area contributed by atoms with Gasteiger partial charge in [0.15, 0.2) is 0 Å². The summed E-state index contributed by atoms with van der Waals surface area (Å²) in [5.74, 6) is -1.32. The second-order valence-electron chi connectivity index (χ2n) is 8.02. The van der Waals surface area contributed by atoms with Crippen LogP contribution in [0.2, 0.25) is 0 Å². The number of anilines is 1. The minimum Gasteiger partial charge on any atom is -0.406 e. The third kappa shape index (κ3) is 7.95. The maximum Gasteiger partial charge on any atom is 0.573 e. The number of nitrogens with one attached hydrogen (secondary N) is 2. The molecule has 1 aliphatic rings. The van der Waals surface area contributed by atoms with Gasteiger partial charge in [-0.25, -0.2) is 0 Å². The highest BCUT2D eigenvalue weighted by atomic mass is 19.4. The van der Waals surface area contributed by atoms with Crippen LogP contribution in [0.1, 0.15) is 24.8 Å². The number of ether oxygens (including phenoxy) is 2. The number of rotatable bonds is 9. The summed E-state index contributed by atoms with van der Waals surface area (Å²) in [4.78, 5) is 27.6. The lowest BCUT2D eigenvalue weighted by Crippen LogP contribution is -2.44. The van der Waals surface area contributed by atoms with Gasteiger partial charge in [0, 0.05) is 37.8 Å². The lowest BCUT2D eigenvalue weighted by Gasteiger charge is -2.29. The second kappa shape index (κ2) is 11.7. The Morgan fingerprint density at radius 1 is 1.06 bits per heavy atom. The van der Waals surface area contributed by atoms with Crippen molar-refractivity contribution in [3.63, 3.8) is 0 Å². The zero-order chi connectivity index (χ0) is 24.6. The number of amides is 2. The minimum absolute atomic E-state index is 0.0522. The van der Waals surface area contributed by atoms with Gasteiger partial charge in [-0.05, 0) is 36.8 Å². The Labute approximate surface area is 196 Å². The van der Waals surface area contributed by atoms with Gasteiger partial charge in [-0.3, -0.25) is 9.59 Å². The molecule has 1 heterocycles. The molecule has 1 aliphatic heterocycles. The van der Waals surface area contributed by atoms with Crippen molar-refractivity contribution in [3.05, 3.63) is 60.2 Å². The standard InChI is InChI=1S/C24H28F3N3O4/c1-17(16-28-19-7-9-20(10-8-19)34-24(25,26)27)29-23(32)21(18-5-3-2-4-6-18)15-22(31)30-11-13-33-14-12-30/h2-10,17,21,28H,11-16H2,1H3,(H,29,32)/t17-,21-/m0/s1. The average Bonchev–Trinajstić information content (AvgIpc) is 2.82. The number of carbonyl (C=O) groups excluding carboxylic acids is 2. The van der Waals surface area contributed by atoms with Gasteiger partial charge in [0.05, 0.1) is 19.1 Å². The summed E-state index contributed by atoms with van der Waals surface area (Å²) in [5, 5.41) is 6.00. The van der Waals surface area contributed by atoms with Gasteiger partial charge in [0.25, 0.3) is 0 Å². The summed E-state index contributed by atoms with van der Waals surface area (Å²) in [7, 11) is 0. The van der Waals surface area contributed by atoms with Gasteiger partial charge in [0.2, 0.25) is 11.8 Å². The van der Waals surface area contributed by atoms with E-state index in [2.05, 4.69) is 15.4 Å². The van der Waals surface area contributed by atoms with E-state index in [-0.39, 0.29) is 30.0 Å². The predicted octanol–water partition coefficient (Wildman–Crippen LogP) is 3.53. The number of nitrogens with zero attached hydrogens (tertiary/aromatic N) is 1. The highest BCUT2D eigenvalue weighted by Gasteiger charge is 2.31. The summed E-state index contributed by atoms with van der Waals surface area (Å²) in [6.07, 6.45) is -4.69. The SMILES string of the molecule is C[C@@H](CNc1ccc(OC(F)(F)F)cc1)NC(=O)[C@@H](CC(=O)N1CCOCC1)c1ccccc1. The monoisotopic (exact) mass is 479 g/mol. The van der Waals surface area contributed by atoms with Gasteiger partial charge in [-0.15, -0.1) is 13.2 Å². The Morgan fingerprint density at radius 2 is 1.71 bits per heavy atom. The first-order chi connectivity index (χ1) is 16.2. The molecule has 0 radical (unpaired) electrons. The number of benzene rings is 2. The Hall–Kier alpha value is -3.27. The van der Waals surface area contributed by atoms with Gasteiger partial charge in [-0.1, -0.05) is 30.3 Å². The topological polar surface area (TPSA) is 79.9 Å². The first-order valence-corrected chi connectivity index (χ1v) is 11.0. The van der Waals surface area contributed by atoms with Gasteiger partial charge < -0.3 is 25.0 Å². The van der Waals surface area contributed by atoms with Crippen LogP contribution in [0, 0.1) is 0 Å². The summed E-state index contributed by atoms with van der Waals surface area (Å²) in [6, 6.07) is 14.2. The largest absolute Gasteiger partial charge is 0.573 e. The Morgan fingerprint density at radius 3 is 2.32 bits per heavy atom. The van der Waals surface area contributed by atoms with Crippen LogP contribution in [-0.2, 0) is 14.3 Å². The second-order valence-corrected chi connectivity index (χ2v) is 8.02. The van der Waals surface area contributed by atoms with Crippen molar-refractivity contribution < 1.29 is 32.2 Å². The molecule has 2 N–H and O–H groups in total. The molecule has 0 unspecified atom stereocenters. The molecule has 0 aliphatic carbocycles. The van der Waals surface area contributed by atoms with E-state index in [1.54, 1.807) is 11.8 Å². The smallest absolute Gasteiger partial charge is 0.406 e. The summed E-state index contributed by atoms with van der Waals surface area (Å²) < 4.78 is 46.0. The molecule has 1 saturated heterocycles. The van der Waals surface area contributed by atoms with Crippen LogP contribution in [-0.4, -0.2) is 62.0 Å². The molecule has 0 bridgehead atoms. The molecule has 0 saturated carbocycles. The number of alkyl halides is 3. The van der Waals surface area contributed by atoms with Crippen LogP contribution in [0.3, 0.4) is 0 Å². The van der Waals surface area contributed by atoms with Crippen molar-refractivity contribution in [2.75, 3.05) is 38.2 Å². The van der Waals surface area contributed by atoms with Gasteiger partial charge >= 0.3 is 6.36 Å². The maximum atomic E-state index is 13.1. The quantitative estimate of drug-likeness (QED) is 0.575. The fourth-order valence-corrected chi connectivity index (χ4v) is 3.60. The van der Waals surface area contributed by atoms with Crippen LogP contribution in [0.5, 0.6) is 5.75 Å². The van der Waals surface area contributed by atoms with E-state index in [0.717, 1.165) is 5.56 Å². The van der Waals surface area contributed by atoms with Gasteiger partial charge in [-0.2, -0.15) is 0 Å². The van der Waals surface area contributed by atoms with Crippen molar-refractivity contribution in [1.82, 2.24) is 10.2 Å². The Bertz CT molecular complexity index is 933. The number of morpholine rings is 1. The lowest BCUT2D eigenvalue weighted by molar-refractivity contribution is -0.274. The van der Waals surface area contributed by atoms with E-state index >= 15 is 0 Å². The fourth-order valence-electron chi connectivity index (χ4n) is 3.60. The van der Waals surface area contributed by atoms with Crippen LogP contribution in [0.25, 0.3) is 0 Å². The molecular weight excluding hydrogens is 451 g/mol. The number of halogens is 3. The average molecular weight is 479 g/mol. The van der Waals surface area contributed by atoms with E-state index in [1.807, 2.05) is 30.3 Å². The third-order valence-corrected chi connectivity index (χ3v) is 5.35. The molecule has 34 heavy (non-hydrogen) atoms. The predicted molar refractivity (Wildman–Crippen MR) is 120 cm³/mol. The molecule has 184 valence electrons. The van der Waals surface area contributed by atoms with E-state index < -0.39 is 12.3 Å². The fraction of sp³-hybridized carbons (Fsp3) is 0.417. The van der Waals surface area contributed by atoms with Crippen molar-refractivity contribution in [1.29, 1.82) is 0 Å². The van der Waals surface area contributed by atoms with Crippen LogP contribution in [0.15, 0.2) is 54.6 Å². The zero-order valence-corrected chi connectivity index (χ0v) is 18.8. The molecule has 2 amide bonds. The molecule has 2 atom stereocenters. The summed E-state index contributed by atoms with van der Waals surface area (Å²) >= 11 is 0. The highest BCUT2D eigenvalue weighted by molar-refractivity contribution is 5.90. The normalized spacial score (nSPS) is 15.8. The van der Waals surface area contributed by atoms with E-state index in [9.17, 15) is 22.8 Å². The number of carbonyl (C=O) groups is 2. The van der Waals surface area contributed by atoms with Crippen molar-refractivity contribution >= 4 is 17.5 Å². The van der Waals surface area contributed by atoms with Crippen molar-refractivity contribution in [2.24, 2.45) is 0 Å². The molecule has 3 rings (SSSR count). The molecule has 2 aromatic rings. The Kier molecular flexibility index (Phi) is 8.75.